The van der Waals surface area contributed by atoms with Crippen LogP contribution in [0.25, 0.3) is 0 Å². The topological polar surface area (TPSA) is 34.1 Å². The van der Waals surface area contributed by atoms with E-state index in [0.717, 1.165) is 16.2 Å². The molecule has 1 aromatic carbocycles. The van der Waals surface area contributed by atoms with E-state index in [1.807, 2.05) is 30.4 Å². The van der Waals surface area contributed by atoms with Crippen molar-refractivity contribution in [3.05, 3.63) is 53.6 Å². The molecule has 1 heterocycles. The first kappa shape index (κ1) is 13.3. The van der Waals surface area contributed by atoms with E-state index < -0.39 is 0 Å². The minimum atomic E-state index is -0.141. The van der Waals surface area contributed by atoms with Crippen LogP contribution < -0.4 is 0 Å². The van der Waals surface area contributed by atoms with E-state index >= 15 is 0 Å². The lowest BCUT2D eigenvalue weighted by atomic mass is 9.90. The maximum absolute atomic E-state index is 12.7. The zero-order valence-corrected chi connectivity index (χ0v) is 12.4. The first-order valence-electron chi connectivity index (χ1n) is 6.75. The van der Waals surface area contributed by atoms with E-state index in [0.29, 0.717) is 5.56 Å². The maximum Gasteiger partial charge on any atom is 0.175 e. The van der Waals surface area contributed by atoms with Gasteiger partial charge in [-0.3, -0.25) is 9.59 Å². The van der Waals surface area contributed by atoms with E-state index in [9.17, 15) is 9.59 Å². The third kappa shape index (κ3) is 1.93. The fraction of sp³-hybridized carbons (Fsp3) is 0.235. The largest absolute Gasteiger partial charge is 0.295 e. The predicted molar refractivity (Wildman–Crippen MR) is 84.0 cm³/mol. The minimum absolute atomic E-state index is 0.00541. The average Bonchev–Trinajstić information content (AvgIpc) is 2.47. The number of hydrogen-bond donors (Lipinski definition) is 0. The third-order valence-corrected chi connectivity index (χ3v) is 6.18. The van der Waals surface area contributed by atoms with Crippen molar-refractivity contribution < 1.29 is 9.59 Å². The van der Waals surface area contributed by atoms with Gasteiger partial charge in [0.15, 0.2) is 11.6 Å². The Labute approximate surface area is 121 Å². The quantitative estimate of drug-likeness (QED) is 0.613. The lowest BCUT2D eigenvalue weighted by molar-refractivity contribution is 0.0969. The van der Waals surface area contributed by atoms with Crippen molar-refractivity contribution in [3.8, 4) is 0 Å². The van der Waals surface area contributed by atoms with E-state index in [2.05, 4.69) is 13.0 Å². The molecule has 0 aromatic heterocycles. The number of fused-ring (bicyclic) bond motifs is 2. The van der Waals surface area contributed by atoms with Crippen LogP contribution in [-0.2, 0) is 0 Å². The molecule has 0 amide bonds. The van der Waals surface area contributed by atoms with Crippen molar-refractivity contribution in [2.24, 2.45) is 5.92 Å². The molecule has 2 aliphatic rings. The molecule has 2 nitrogen and oxygen atoms in total. The van der Waals surface area contributed by atoms with Crippen molar-refractivity contribution in [2.75, 3.05) is 5.75 Å². The van der Waals surface area contributed by atoms with Crippen LogP contribution in [0.1, 0.15) is 34.6 Å². The third-order valence-electron chi connectivity index (χ3n) is 3.75. The fourth-order valence-electron chi connectivity index (χ4n) is 2.75. The Morgan fingerprint density at radius 2 is 2.10 bits per heavy atom. The van der Waals surface area contributed by atoms with Crippen LogP contribution in [0, 0.1) is 5.92 Å². The van der Waals surface area contributed by atoms with Gasteiger partial charge < -0.3 is 0 Å². The molecule has 3 rings (SSSR count). The fourth-order valence-corrected chi connectivity index (χ4v) is 5.04. The molecule has 0 bridgehead atoms. The Balaban J connectivity index is 2.26. The van der Waals surface area contributed by atoms with Gasteiger partial charge in [0.25, 0.3) is 0 Å². The summed E-state index contributed by atoms with van der Waals surface area (Å²) in [5.74, 6) is 0.976. The zero-order chi connectivity index (χ0) is 14.3. The molecule has 20 heavy (non-hydrogen) atoms. The van der Waals surface area contributed by atoms with Gasteiger partial charge in [0, 0.05) is 16.0 Å². The number of Topliss-reactive ketones (excluding diaryl/α,β-unsaturated/α-hetero) is 2. The summed E-state index contributed by atoms with van der Waals surface area (Å²) in [6, 6.07) is 5.58. The summed E-state index contributed by atoms with van der Waals surface area (Å²) >= 11 is 0. The predicted octanol–water partition coefficient (Wildman–Crippen LogP) is 3.65. The van der Waals surface area contributed by atoms with Crippen molar-refractivity contribution >= 4 is 26.9 Å². The van der Waals surface area contributed by atoms with Gasteiger partial charge in [-0.1, -0.05) is 37.3 Å². The van der Waals surface area contributed by atoms with Crippen molar-refractivity contribution in [1.29, 1.82) is 0 Å². The lowest BCUT2D eigenvalue weighted by Gasteiger charge is -2.28. The van der Waals surface area contributed by atoms with Gasteiger partial charge in [0.1, 0.15) is 0 Å². The molecule has 0 fully saturated rings. The highest BCUT2D eigenvalue weighted by atomic mass is 32.2. The Bertz CT molecular complexity index is 708. The summed E-state index contributed by atoms with van der Waals surface area (Å²) in [4.78, 5) is 26.5. The summed E-state index contributed by atoms with van der Waals surface area (Å²) in [5.41, 5.74) is 1.35. The highest BCUT2D eigenvalue weighted by Gasteiger charge is 2.31. The Hall–Kier alpha value is -1.74. The van der Waals surface area contributed by atoms with E-state index in [-0.39, 0.29) is 28.0 Å². The Morgan fingerprint density at radius 1 is 1.30 bits per heavy atom. The van der Waals surface area contributed by atoms with E-state index in [1.54, 1.807) is 6.07 Å². The molecule has 3 heteroatoms. The Kier molecular flexibility index (Phi) is 3.30. The molecular weight excluding hydrogens is 268 g/mol. The van der Waals surface area contributed by atoms with Gasteiger partial charge in [-0.15, -0.1) is 10.5 Å². The number of hydrogen-bond acceptors (Lipinski definition) is 2. The molecule has 2 unspecified atom stereocenters. The highest BCUT2D eigenvalue weighted by molar-refractivity contribution is 8.16. The standard InChI is InChI=1S/C17H16O2S/c1-3-20-15-7-5-4-6-13(15)17(19)14-10-12(11(2)18)8-9-16(14)20/h4-10,13H,3H2,1-2H3. The highest BCUT2D eigenvalue weighted by Crippen LogP contribution is 2.41. The van der Waals surface area contributed by atoms with Crippen LogP contribution in [0.4, 0.5) is 0 Å². The molecule has 1 aromatic rings. The van der Waals surface area contributed by atoms with Crippen LogP contribution in [0.15, 0.2) is 47.4 Å². The number of rotatable bonds is 2. The first-order valence-corrected chi connectivity index (χ1v) is 8.14. The van der Waals surface area contributed by atoms with Gasteiger partial charge >= 0.3 is 0 Å². The van der Waals surface area contributed by atoms with Gasteiger partial charge in [-0.25, -0.2) is 0 Å². The maximum atomic E-state index is 12.7. The molecule has 1 aliphatic heterocycles. The summed E-state index contributed by atoms with van der Waals surface area (Å²) in [5, 5.41) is 0. The Morgan fingerprint density at radius 3 is 2.80 bits per heavy atom. The number of benzene rings is 1. The smallest absolute Gasteiger partial charge is 0.175 e. The SMILES string of the molecule is CCS1=C2C=CC=CC2C(=O)c2cc(C(C)=O)ccc21. The van der Waals surface area contributed by atoms with Crippen molar-refractivity contribution in [3.63, 3.8) is 0 Å². The van der Waals surface area contributed by atoms with Crippen LogP contribution in [0.3, 0.4) is 0 Å². The van der Waals surface area contributed by atoms with Crippen LogP contribution in [0.2, 0.25) is 0 Å². The molecule has 0 radical (unpaired) electrons. The summed E-state index contributed by atoms with van der Waals surface area (Å²) in [6.45, 7) is 3.69. The second kappa shape index (κ2) is 4.98. The minimum Gasteiger partial charge on any atom is -0.295 e. The first-order chi connectivity index (χ1) is 9.63. The van der Waals surface area contributed by atoms with Gasteiger partial charge in [-0.05, 0) is 29.7 Å². The lowest BCUT2D eigenvalue weighted by Crippen LogP contribution is -2.27. The summed E-state index contributed by atoms with van der Waals surface area (Å²) in [6.07, 6.45) is 7.99. The van der Waals surface area contributed by atoms with E-state index in [4.69, 9.17) is 0 Å². The molecule has 102 valence electrons. The molecule has 0 N–H and O–H groups in total. The molecule has 0 saturated heterocycles. The van der Waals surface area contributed by atoms with Crippen LogP contribution in [-0.4, -0.2) is 22.2 Å². The van der Waals surface area contributed by atoms with E-state index in [1.165, 1.54) is 11.8 Å². The normalized spacial score (nSPS) is 23.5. The van der Waals surface area contributed by atoms with Crippen LogP contribution >= 0.6 is 10.5 Å². The molecule has 2 atom stereocenters. The monoisotopic (exact) mass is 284 g/mol. The summed E-state index contributed by atoms with van der Waals surface area (Å²) < 4.78 is 0. The average molecular weight is 284 g/mol. The number of ketones is 2. The van der Waals surface area contributed by atoms with Crippen molar-refractivity contribution in [1.82, 2.24) is 0 Å². The molecular formula is C17H16O2S. The second-order valence-corrected chi connectivity index (χ2v) is 7.20. The van der Waals surface area contributed by atoms with Gasteiger partial charge in [0.2, 0.25) is 0 Å². The molecule has 0 spiro atoms. The van der Waals surface area contributed by atoms with Crippen molar-refractivity contribution in [2.45, 2.75) is 18.7 Å². The molecule has 1 aliphatic carbocycles. The number of allylic oxidation sites excluding steroid dienone is 4. The molecule has 0 saturated carbocycles. The number of carbonyl (C=O) groups excluding carboxylic acids is 2. The summed E-state index contributed by atoms with van der Waals surface area (Å²) in [7, 11) is -0.0388. The van der Waals surface area contributed by atoms with Crippen LogP contribution in [0.5, 0.6) is 0 Å². The number of carbonyl (C=O) groups is 2. The van der Waals surface area contributed by atoms with Gasteiger partial charge in [0.05, 0.1) is 5.92 Å². The second-order valence-electron chi connectivity index (χ2n) is 4.93. The zero-order valence-electron chi connectivity index (χ0n) is 11.6. The van der Waals surface area contributed by atoms with Gasteiger partial charge in [-0.2, -0.15) is 0 Å².